The van der Waals surface area contributed by atoms with Crippen LogP contribution in [0.1, 0.15) is 31.4 Å². The van der Waals surface area contributed by atoms with E-state index in [0.717, 1.165) is 11.1 Å². The second-order valence-corrected chi connectivity index (χ2v) is 5.89. The van der Waals surface area contributed by atoms with E-state index in [1.807, 2.05) is 31.2 Å². The van der Waals surface area contributed by atoms with Gasteiger partial charge in [-0.05, 0) is 24.8 Å². The zero-order valence-corrected chi connectivity index (χ0v) is 13.8. The highest BCUT2D eigenvalue weighted by molar-refractivity contribution is 5.88. The van der Waals surface area contributed by atoms with Gasteiger partial charge in [-0.3, -0.25) is 9.59 Å². The van der Waals surface area contributed by atoms with Crippen molar-refractivity contribution in [3.05, 3.63) is 35.4 Å². The molecule has 0 unspecified atom stereocenters. The van der Waals surface area contributed by atoms with Crippen molar-refractivity contribution in [1.82, 2.24) is 10.6 Å². The Labute approximate surface area is 136 Å². The number of carboxylic acids is 1. The SMILES string of the molecule is Cc1ccc(CCC(=O)NCC(=O)N[C@@H](C(=O)O)C(C)C)cc1. The number of rotatable bonds is 8. The summed E-state index contributed by atoms with van der Waals surface area (Å²) in [4.78, 5) is 34.4. The van der Waals surface area contributed by atoms with Gasteiger partial charge in [-0.2, -0.15) is 0 Å². The maximum absolute atomic E-state index is 11.7. The van der Waals surface area contributed by atoms with E-state index >= 15 is 0 Å². The Hall–Kier alpha value is -2.37. The molecule has 1 rings (SSSR count). The van der Waals surface area contributed by atoms with Crippen LogP contribution in [0.25, 0.3) is 0 Å². The van der Waals surface area contributed by atoms with Crippen LogP contribution >= 0.6 is 0 Å². The lowest BCUT2D eigenvalue weighted by Crippen LogP contribution is -2.48. The monoisotopic (exact) mass is 320 g/mol. The Bertz CT molecular complexity index is 552. The van der Waals surface area contributed by atoms with Crippen molar-refractivity contribution in [3.63, 3.8) is 0 Å². The lowest BCUT2D eigenvalue weighted by molar-refractivity contribution is -0.143. The van der Waals surface area contributed by atoms with Gasteiger partial charge in [-0.15, -0.1) is 0 Å². The molecule has 0 saturated carbocycles. The number of hydrogen-bond acceptors (Lipinski definition) is 3. The van der Waals surface area contributed by atoms with E-state index in [-0.39, 0.29) is 24.8 Å². The fraction of sp³-hybridized carbons (Fsp3) is 0.471. The maximum atomic E-state index is 11.7. The van der Waals surface area contributed by atoms with Gasteiger partial charge in [0.2, 0.25) is 11.8 Å². The molecule has 3 N–H and O–H groups in total. The van der Waals surface area contributed by atoms with Gasteiger partial charge in [-0.25, -0.2) is 4.79 Å². The largest absolute Gasteiger partial charge is 0.480 e. The van der Waals surface area contributed by atoms with E-state index in [2.05, 4.69) is 10.6 Å². The van der Waals surface area contributed by atoms with E-state index in [1.54, 1.807) is 13.8 Å². The zero-order valence-electron chi connectivity index (χ0n) is 13.8. The van der Waals surface area contributed by atoms with Crippen LogP contribution in [-0.4, -0.2) is 35.5 Å². The summed E-state index contributed by atoms with van der Waals surface area (Å²) in [6.07, 6.45) is 0.875. The van der Waals surface area contributed by atoms with Gasteiger partial charge in [0.15, 0.2) is 0 Å². The number of hydrogen-bond donors (Lipinski definition) is 3. The first-order valence-electron chi connectivity index (χ1n) is 7.64. The van der Waals surface area contributed by atoms with E-state index in [1.165, 1.54) is 0 Å². The third-order valence-electron chi connectivity index (χ3n) is 3.46. The van der Waals surface area contributed by atoms with Crippen LogP contribution in [0.2, 0.25) is 0 Å². The molecule has 126 valence electrons. The minimum Gasteiger partial charge on any atom is -0.480 e. The number of benzene rings is 1. The molecule has 1 atom stereocenters. The quantitative estimate of drug-likeness (QED) is 0.672. The number of carbonyl (C=O) groups excluding carboxylic acids is 2. The second-order valence-electron chi connectivity index (χ2n) is 5.89. The highest BCUT2D eigenvalue weighted by atomic mass is 16.4. The Morgan fingerprint density at radius 1 is 1.09 bits per heavy atom. The average molecular weight is 320 g/mol. The highest BCUT2D eigenvalue weighted by Gasteiger charge is 2.23. The van der Waals surface area contributed by atoms with Crippen LogP contribution in [0.5, 0.6) is 0 Å². The summed E-state index contributed by atoms with van der Waals surface area (Å²) in [7, 11) is 0. The molecule has 0 aliphatic carbocycles. The van der Waals surface area contributed by atoms with Crippen LogP contribution in [0.15, 0.2) is 24.3 Å². The van der Waals surface area contributed by atoms with E-state index in [9.17, 15) is 14.4 Å². The van der Waals surface area contributed by atoms with Crippen molar-refractivity contribution < 1.29 is 19.5 Å². The summed E-state index contributed by atoms with van der Waals surface area (Å²) >= 11 is 0. The first-order chi connectivity index (χ1) is 10.8. The minimum atomic E-state index is -1.08. The van der Waals surface area contributed by atoms with Gasteiger partial charge in [0.1, 0.15) is 6.04 Å². The summed E-state index contributed by atoms with van der Waals surface area (Å²) in [6.45, 7) is 5.19. The number of carbonyl (C=O) groups is 3. The van der Waals surface area contributed by atoms with Crippen LogP contribution in [0, 0.1) is 12.8 Å². The molecule has 0 heterocycles. The number of aliphatic carboxylic acids is 1. The van der Waals surface area contributed by atoms with E-state index in [4.69, 9.17) is 5.11 Å². The van der Waals surface area contributed by atoms with Crippen LogP contribution in [-0.2, 0) is 20.8 Å². The van der Waals surface area contributed by atoms with Crippen molar-refractivity contribution in [2.45, 2.75) is 39.7 Å². The van der Waals surface area contributed by atoms with Gasteiger partial charge in [0.25, 0.3) is 0 Å². The normalized spacial score (nSPS) is 11.8. The predicted octanol–water partition coefficient (Wildman–Crippen LogP) is 1.27. The molecule has 6 heteroatoms. The third kappa shape index (κ3) is 6.95. The van der Waals surface area contributed by atoms with Gasteiger partial charge < -0.3 is 15.7 Å². The molecule has 0 aromatic heterocycles. The lowest BCUT2D eigenvalue weighted by atomic mass is 10.0. The van der Waals surface area contributed by atoms with Crippen LogP contribution in [0.4, 0.5) is 0 Å². The number of carboxylic acid groups (broad SMARTS) is 1. The molecule has 0 fully saturated rings. The molecular weight excluding hydrogens is 296 g/mol. The Morgan fingerprint density at radius 3 is 2.22 bits per heavy atom. The number of amides is 2. The fourth-order valence-corrected chi connectivity index (χ4v) is 2.02. The van der Waals surface area contributed by atoms with Gasteiger partial charge in [0, 0.05) is 6.42 Å². The highest BCUT2D eigenvalue weighted by Crippen LogP contribution is 2.05. The molecule has 0 saturated heterocycles. The van der Waals surface area contributed by atoms with Crippen molar-refractivity contribution in [2.24, 2.45) is 5.92 Å². The minimum absolute atomic E-state index is 0.219. The average Bonchev–Trinajstić information content (AvgIpc) is 2.49. The third-order valence-corrected chi connectivity index (χ3v) is 3.46. The Kier molecular flexibility index (Phi) is 7.25. The van der Waals surface area contributed by atoms with Gasteiger partial charge >= 0.3 is 5.97 Å². The summed E-state index contributed by atoms with van der Waals surface area (Å²) in [5.74, 6) is -2.06. The van der Waals surface area contributed by atoms with Crippen molar-refractivity contribution in [3.8, 4) is 0 Å². The molecule has 0 bridgehead atoms. The fourth-order valence-electron chi connectivity index (χ4n) is 2.02. The summed E-state index contributed by atoms with van der Waals surface area (Å²) in [6, 6.07) is 6.95. The topological polar surface area (TPSA) is 95.5 Å². The molecule has 2 amide bonds. The van der Waals surface area contributed by atoms with Crippen molar-refractivity contribution in [2.75, 3.05) is 6.54 Å². The summed E-state index contributed by atoms with van der Waals surface area (Å²) in [5.41, 5.74) is 2.22. The number of aryl methyl sites for hydroxylation is 2. The first kappa shape index (κ1) is 18.7. The lowest BCUT2D eigenvalue weighted by Gasteiger charge is -2.17. The maximum Gasteiger partial charge on any atom is 0.326 e. The molecule has 1 aromatic carbocycles. The standard InChI is InChI=1S/C17H24N2O4/c1-11(2)16(17(22)23)19-15(21)10-18-14(20)9-8-13-6-4-12(3)5-7-13/h4-7,11,16H,8-10H2,1-3H3,(H,18,20)(H,19,21)(H,22,23)/t16-/m1/s1. The predicted molar refractivity (Wildman–Crippen MR) is 86.9 cm³/mol. The summed E-state index contributed by atoms with van der Waals surface area (Å²) < 4.78 is 0. The Morgan fingerprint density at radius 2 is 1.70 bits per heavy atom. The Balaban J connectivity index is 2.33. The van der Waals surface area contributed by atoms with Crippen molar-refractivity contribution in [1.29, 1.82) is 0 Å². The van der Waals surface area contributed by atoms with Crippen LogP contribution < -0.4 is 10.6 Å². The molecular formula is C17H24N2O4. The molecule has 6 nitrogen and oxygen atoms in total. The molecule has 0 aliphatic rings. The number of nitrogens with one attached hydrogen (secondary N) is 2. The second kappa shape index (κ2) is 8.92. The van der Waals surface area contributed by atoms with Crippen LogP contribution in [0.3, 0.4) is 0 Å². The first-order valence-corrected chi connectivity index (χ1v) is 7.64. The van der Waals surface area contributed by atoms with E-state index in [0.29, 0.717) is 6.42 Å². The van der Waals surface area contributed by atoms with Crippen molar-refractivity contribution >= 4 is 17.8 Å². The zero-order chi connectivity index (χ0) is 17.4. The van der Waals surface area contributed by atoms with E-state index < -0.39 is 17.9 Å². The molecule has 23 heavy (non-hydrogen) atoms. The molecule has 0 aliphatic heterocycles. The smallest absolute Gasteiger partial charge is 0.326 e. The molecule has 0 spiro atoms. The summed E-state index contributed by atoms with van der Waals surface area (Å²) in [5, 5.41) is 13.9. The van der Waals surface area contributed by atoms with Gasteiger partial charge in [-0.1, -0.05) is 43.7 Å². The molecule has 1 aromatic rings. The van der Waals surface area contributed by atoms with Gasteiger partial charge in [0.05, 0.1) is 6.54 Å². The molecule has 0 radical (unpaired) electrons.